The Morgan fingerprint density at radius 2 is 1.33 bits per heavy atom. The van der Waals surface area contributed by atoms with E-state index in [-0.39, 0.29) is 19.1 Å². The summed E-state index contributed by atoms with van der Waals surface area (Å²) in [6.45, 7) is 0.216. The normalized spacial score (nSPS) is 31.2. The molecule has 0 amide bonds. The van der Waals surface area contributed by atoms with Crippen LogP contribution in [-0.4, -0.2) is 77.9 Å². The lowest BCUT2D eigenvalue weighted by atomic mass is 9.54. The maximum absolute atomic E-state index is 14.8. The number of carbonyl (C=O) groups is 3. The Labute approximate surface area is 210 Å². The van der Waals surface area contributed by atoms with E-state index in [1.807, 2.05) is 36.2 Å². The monoisotopic (exact) mass is 492 g/mol. The van der Waals surface area contributed by atoms with Crippen molar-refractivity contribution in [1.29, 1.82) is 0 Å². The fourth-order valence-electron chi connectivity index (χ4n) is 6.94. The van der Waals surface area contributed by atoms with Crippen LogP contribution in [0.25, 0.3) is 0 Å². The SMILES string of the molecule is COC(=O)C12CN(C)CC(C(=O)OC)(C1=O)C(c1ccccn1)N(C1CCCC1)C2c1ccccn1. The molecule has 1 aliphatic carbocycles. The summed E-state index contributed by atoms with van der Waals surface area (Å²) >= 11 is 0. The Balaban J connectivity index is 1.88. The van der Waals surface area contributed by atoms with Crippen molar-refractivity contribution in [3.05, 3.63) is 60.2 Å². The molecule has 2 saturated heterocycles. The van der Waals surface area contributed by atoms with Crippen molar-refractivity contribution in [3.63, 3.8) is 0 Å². The quantitative estimate of drug-likeness (QED) is 0.460. The van der Waals surface area contributed by atoms with Gasteiger partial charge in [-0.2, -0.15) is 0 Å². The second-order valence-corrected chi connectivity index (χ2v) is 10.1. The molecule has 36 heavy (non-hydrogen) atoms. The molecular weight excluding hydrogens is 460 g/mol. The van der Waals surface area contributed by atoms with Crippen LogP contribution in [0.2, 0.25) is 0 Å². The summed E-state index contributed by atoms with van der Waals surface area (Å²) in [5, 5.41) is 0. The van der Waals surface area contributed by atoms with E-state index in [0.717, 1.165) is 25.7 Å². The number of likely N-dealkylation sites (tertiary alicyclic amines) is 2. The van der Waals surface area contributed by atoms with Gasteiger partial charge in [0.05, 0.1) is 37.7 Å². The molecule has 3 fully saturated rings. The molecule has 1 saturated carbocycles. The van der Waals surface area contributed by atoms with E-state index in [0.29, 0.717) is 11.4 Å². The highest BCUT2D eigenvalue weighted by Gasteiger charge is 2.76. The van der Waals surface area contributed by atoms with E-state index in [9.17, 15) is 14.4 Å². The fourth-order valence-corrected chi connectivity index (χ4v) is 6.94. The average Bonchev–Trinajstić information content (AvgIpc) is 3.44. The summed E-state index contributed by atoms with van der Waals surface area (Å²) in [5.74, 6) is -1.80. The van der Waals surface area contributed by atoms with Gasteiger partial charge in [-0.05, 0) is 44.2 Å². The average molecular weight is 493 g/mol. The van der Waals surface area contributed by atoms with Gasteiger partial charge in [-0.25, -0.2) is 0 Å². The smallest absolute Gasteiger partial charge is 0.322 e. The maximum atomic E-state index is 14.8. The molecule has 4 atom stereocenters. The number of Topliss-reactive ketones (excluding diaryl/α,β-unsaturated/α-hetero) is 1. The Kier molecular flexibility index (Phi) is 6.38. The molecule has 2 aliphatic heterocycles. The highest BCUT2D eigenvalue weighted by Crippen LogP contribution is 2.62. The van der Waals surface area contributed by atoms with Crippen molar-refractivity contribution in [2.45, 2.75) is 43.8 Å². The number of ketones is 1. The molecule has 0 spiro atoms. The molecular formula is C27H32N4O5. The lowest BCUT2D eigenvalue weighted by Crippen LogP contribution is -2.76. The number of esters is 2. The van der Waals surface area contributed by atoms with E-state index in [1.165, 1.54) is 14.2 Å². The Hall–Kier alpha value is -3.17. The van der Waals surface area contributed by atoms with Crippen LogP contribution in [-0.2, 0) is 23.9 Å². The fraction of sp³-hybridized carbons (Fsp3) is 0.519. The number of nitrogens with zero attached hydrogens (tertiary/aromatic N) is 4. The molecule has 9 nitrogen and oxygen atoms in total. The van der Waals surface area contributed by atoms with Crippen molar-refractivity contribution >= 4 is 17.7 Å². The zero-order chi connectivity index (χ0) is 25.5. The molecule has 4 heterocycles. The van der Waals surface area contributed by atoms with E-state index in [1.54, 1.807) is 24.5 Å². The van der Waals surface area contributed by atoms with Gasteiger partial charge < -0.3 is 14.4 Å². The number of hydrogen-bond acceptors (Lipinski definition) is 9. The minimum atomic E-state index is -1.67. The van der Waals surface area contributed by atoms with Crippen molar-refractivity contribution < 1.29 is 23.9 Å². The molecule has 5 rings (SSSR count). The maximum Gasteiger partial charge on any atom is 0.322 e. The van der Waals surface area contributed by atoms with Gasteiger partial charge in [0.2, 0.25) is 0 Å². The summed E-state index contributed by atoms with van der Waals surface area (Å²) in [7, 11) is 4.40. The third kappa shape index (κ3) is 3.40. The zero-order valence-corrected chi connectivity index (χ0v) is 20.9. The van der Waals surface area contributed by atoms with Crippen molar-refractivity contribution in [3.8, 4) is 0 Å². The molecule has 0 aromatic carbocycles. The van der Waals surface area contributed by atoms with Crippen LogP contribution in [0, 0.1) is 10.8 Å². The molecule has 2 bridgehead atoms. The van der Waals surface area contributed by atoms with Crippen molar-refractivity contribution in [1.82, 2.24) is 19.8 Å². The zero-order valence-electron chi connectivity index (χ0n) is 20.9. The first-order chi connectivity index (χ1) is 17.4. The largest absolute Gasteiger partial charge is 0.468 e. The van der Waals surface area contributed by atoms with Crippen LogP contribution >= 0.6 is 0 Å². The molecule has 190 valence electrons. The topological polar surface area (TPSA) is 102 Å². The summed E-state index contributed by atoms with van der Waals surface area (Å²) in [4.78, 5) is 55.8. The third-order valence-electron chi connectivity index (χ3n) is 8.16. The molecule has 3 aliphatic rings. The Morgan fingerprint density at radius 3 is 1.72 bits per heavy atom. The van der Waals surface area contributed by atoms with Gasteiger partial charge in [0, 0.05) is 31.5 Å². The minimum absolute atomic E-state index is 0.0218. The third-order valence-corrected chi connectivity index (χ3v) is 8.16. The van der Waals surface area contributed by atoms with Gasteiger partial charge in [0.25, 0.3) is 0 Å². The van der Waals surface area contributed by atoms with Crippen LogP contribution < -0.4 is 0 Å². The first-order valence-electron chi connectivity index (χ1n) is 12.4. The molecule has 0 radical (unpaired) electrons. The molecule has 9 heteroatoms. The lowest BCUT2D eigenvalue weighted by molar-refractivity contribution is -0.208. The van der Waals surface area contributed by atoms with Crippen LogP contribution in [0.3, 0.4) is 0 Å². The molecule has 2 aromatic heterocycles. The highest BCUT2D eigenvalue weighted by atomic mass is 16.5. The highest BCUT2D eigenvalue weighted by molar-refractivity contribution is 6.17. The first-order valence-corrected chi connectivity index (χ1v) is 12.4. The number of pyridine rings is 2. The summed E-state index contributed by atoms with van der Waals surface area (Å²) < 4.78 is 10.7. The molecule has 0 N–H and O–H groups in total. The number of carbonyl (C=O) groups excluding carboxylic acids is 3. The van der Waals surface area contributed by atoms with Gasteiger partial charge >= 0.3 is 11.9 Å². The molecule has 4 unspecified atom stereocenters. The summed E-state index contributed by atoms with van der Waals surface area (Å²) in [6.07, 6.45) is 7.14. The van der Waals surface area contributed by atoms with Gasteiger partial charge in [0.15, 0.2) is 16.6 Å². The number of aromatic nitrogens is 2. The summed E-state index contributed by atoms with van der Waals surface area (Å²) in [5.41, 5.74) is -2.15. The first kappa shape index (κ1) is 24.5. The Morgan fingerprint density at radius 1 is 0.861 bits per heavy atom. The second-order valence-electron chi connectivity index (χ2n) is 10.1. The predicted octanol–water partition coefficient (Wildman–Crippen LogP) is 2.35. The summed E-state index contributed by atoms with van der Waals surface area (Å²) in [6, 6.07) is 9.56. The van der Waals surface area contributed by atoms with Crippen molar-refractivity contribution in [2.75, 3.05) is 34.4 Å². The Bertz CT molecular complexity index is 1060. The number of piperidine rings is 2. The lowest BCUT2D eigenvalue weighted by Gasteiger charge is -2.62. The van der Waals surface area contributed by atoms with Gasteiger partial charge in [-0.1, -0.05) is 25.0 Å². The number of hydrogen-bond donors (Lipinski definition) is 0. The minimum Gasteiger partial charge on any atom is -0.468 e. The number of ether oxygens (including phenoxy) is 2. The molecule has 2 aromatic rings. The van der Waals surface area contributed by atoms with E-state index in [4.69, 9.17) is 9.47 Å². The number of fused-ring (bicyclic) bond motifs is 2. The van der Waals surface area contributed by atoms with Gasteiger partial charge in [-0.3, -0.25) is 29.3 Å². The standard InChI is InChI=1S/C27H32N4O5/c1-30-16-26(24(33)35-2)21(19-12-6-8-14-28-19)31(18-10-4-5-11-18)22(20-13-7-9-15-29-20)27(17-30,23(26)32)25(34)36-3/h6-9,12-15,18,21-22H,4-5,10-11,16-17H2,1-3H3. The van der Waals surface area contributed by atoms with Crippen LogP contribution in [0.15, 0.2) is 48.8 Å². The van der Waals surface area contributed by atoms with Gasteiger partial charge in [-0.15, -0.1) is 0 Å². The van der Waals surface area contributed by atoms with E-state index in [2.05, 4.69) is 14.9 Å². The van der Waals surface area contributed by atoms with Crippen LogP contribution in [0.4, 0.5) is 0 Å². The predicted molar refractivity (Wildman–Crippen MR) is 129 cm³/mol. The van der Waals surface area contributed by atoms with Crippen LogP contribution in [0.5, 0.6) is 0 Å². The van der Waals surface area contributed by atoms with E-state index >= 15 is 0 Å². The second kappa shape index (κ2) is 9.37. The van der Waals surface area contributed by atoms with Gasteiger partial charge in [0.1, 0.15) is 0 Å². The number of rotatable bonds is 5. The number of methoxy groups -OCH3 is 2. The van der Waals surface area contributed by atoms with Crippen LogP contribution in [0.1, 0.15) is 49.2 Å². The van der Waals surface area contributed by atoms with Crippen molar-refractivity contribution in [2.24, 2.45) is 10.8 Å². The van der Waals surface area contributed by atoms with E-state index < -0.39 is 40.6 Å².